The van der Waals surface area contributed by atoms with Gasteiger partial charge < -0.3 is 15.5 Å². The standard InChI is InChI=1S/C35H39FN10O2/c1-7-26(47)45-17(2)16-44(18(3)19(45)4)33-23-15-24(36)30(22-9-8-10-25-27(22)32(37)43-42-25)40-34(23)46(35(48)41-33)31(28(38-5)20-11-12-20)29(39-6)21-13-14-21/h7-10,15,17-21H,1,5,11-14,16H2,2-4,6H3,(H3,37,42,43)/b31-28+,39-29?/t17-,18+,19+/m1/s1. The molecule has 4 heterocycles. The van der Waals surface area contributed by atoms with E-state index in [2.05, 4.69) is 38.5 Å². The number of halogens is 1. The molecule has 2 saturated carbocycles. The number of pyridine rings is 1. The summed E-state index contributed by atoms with van der Waals surface area (Å²) in [6.07, 6.45) is 4.99. The Morgan fingerprint density at radius 2 is 1.85 bits per heavy atom. The molecule has 3 N–H and O–H groups in total. The van der Waals surface area contributed by atoms with E-state index >= 15 is 4.39 Å². The van der Waals surface area contributed by atoms with Gasteiger partial charge in [-0.1, -0.05) is 18.7 Å². The third kappa shape index (κ3) is 4.99. The number of hydrogen-bond donors (Lipinski definition) is 2. The number of aliphatic imine (C=N–C) groups is 2. The van der Waals surface area contributed by atoms with Crippen molar-refractivity contribution >= 4 is 57.6 Å². The van der Waals surface area contributed by atoms with Crippen molar-refractivity contribution in [2.75, 3.05) is 24.2 Å². The van der Waals surface area contributed by atoms with E-state index in [1.807, 2.05) is 25.7 Å². The number of rotatable bonds is 8. The minimum atomic E-state index is -0.612. The molecule has 3 fully saturated rings. The van der Waals surface area contributed by atoms with Crippen LogP contribution in [0.25, 0.3) is 38.9 Å². The number of anilines is 2. The number of aromatic amines is 1. The van der Waals surface area contributed by atoms with Gasteiger partial charge in [-0.3, -0.25) is 19.9 Å². The number of nitrogens with one attached hydrogen (secondary N) is 1. The second-order valence-electron chi connectivity index (χ2n) is 13.1. The lowest BCUT2D eigenvalue weighted by molar-refractivity contribution is -0.131. The minimum Gasteiger partial charge on any atom is -0.382 e. The molecule has 0 spiro atoms. The maximum atomic E-state index is 16.5. The zero-order valence-electron chi connectivity index (χ0n) is 27.6. The molecule has 4 aromatic rings. The first-order valence-corrected chi connectivity index (χ1v) is 16.3. The molecular weight excluding hydrogens is 611 g/mol. The fraction of sp³-hybridized carbons (Fsp3) is 0.400. The number of carbonyl (C=O) groups is 1. The first-order valence-electron chi connectivity index (χ1n) is 16.3. The molecule has 3 aliphatic rings. The van der Waals surface area contributed by atoms with Crippen LogP contribution >= 0.6 is 0 Å². The van der Waals surface area contributed by atoms with Crippen molar-refractivity contribution in [2.45, 2.75) is 64.6 Å². The summed E-state index contributed by atoms with van der Waals surface area (Å²) in [6.45, 7) is 13.8. The van der Waals surface area contributed by atoms with E-state index < -0.39 is 11.5 Å². The second kappa shape index (κ2) is 11.8. The first kappa shape index (κ1) is 31.4. The SMILES string of the molecule is C=CC(=O)N1[C@H](C)CN(c2nc(=O)n(/C(C(=NC)C3CC3)=C(/N=C)C3CC3)c3nc(-c4cccc5[nH]nc(N)c45)c(F)cc23)[C@@H](C)[C@@H]1C. The van der Waals surface area contributed by atoms with Gasteiger partial charge in [0.05, 0.1) is 33.4 Å². The molecule has 7 rings (SSSR count). The summed E-state index contributed by atoms with van der Waals surface area (Å²) in [4.78, 5) is 49.8. The molecule has 2 aliphatic carbocycles. The van der Waals surface area contributed by atoms with Crippen molar-refractivity contribution in [3.63, 3.8) is 0 Å². The van der Waals surface area contributed by atoms with Crippen LogP contribution in [0.1, 0.15) is 46.5 Å². The Balaban J connectivity index is 1.54. The molecule has 1 saturated heterocycles. The normalized spacial score (nSPS) is 22.3. The quantitative estimate of drug-likeness (QED) is 0.205. The Bertz CT molecular complexity index is 2120. The van der Waals surface area contributed by atoms with Gasteiger partial charge in [0.25, 0.3) is 0 Å². The average molecular weight is 651 g/mol. The highest BCUT2D eigenvalue weighted by atomic mass is 19.1. The predicted octanol–water partition coefficient (Wildman–Crippen LogP) is 4.82. The highest BCUT2D eigenvalue weighted by Crippen LogP contribution is 2.44. The predicted molar refractivity (Wildman–Crippen MR) is 188 cm³/mol. The van der Waals surface area contributed by atoms with Crippen LogP contribution in [0, 0.1) is 17.7 Å². The zero-order valence-corrected chi connectivity index (χ0v) is 27.6. The highest BCUT2D eigenvalue weighted by Gasteiger charge is 2.41. The summed E-state index contributed by atoms with van der Waals surface area (Å²) in [7, 11) is 1.71. The number of amides is 1. The van der Waals surface area contributed by atoms with Gasteiger partial charge in [0, 0.05) is 49.1 Å². The van der Waals surface area contributed by atoms with Gasteiger partial charge in [-0.15, -0.1) is 0 Å². The summed E-state index contributed by atoms with van der Waals surface area (Å²) in [5, 5.41) is 7.89. The maximum absolute atomic E-state index is 16.5. The summed E-state index contributed by atoms with van der Waals surface area (Å²) in [6, 6.07) is 5.93. The van der Waals surface area contributed by atoms with Crippen LogP contribution in [-0.2, 0) is 4.79 Å². The lowest BCUT2D eigenvalue weighted by atomic mass is 9.99. The average Bonchev–Trinajstić information content (AvgIpc) is 4.02. The zero-order chi connectivity index (χ0) is 34.0. The molecule has 1 amide bonds. The molecule has 0 radical (unpaired) electrons. The Morgan fingerprint density at radius 1 is 1.12 bits per heavy atom. The molecule has 3 atom stereocenters. The van der Waals surface area contributed by atoms with E-state index in [-0.39, 0.29) is 53.0 Å². The van der Waals surface area contributed by atoms with Crippen molar-refractivity contribution in [1.29, 1.82) is 0 Å². The van der Waals surface area contributed by atoms with Gasteiger partial charge in [-0.25, -0.2) is 18.7 Å². The monoisotopic (exact) mass is 650 g/mol. The minimum absolute atomic E-state index is 0.0166. The smallest absolute Gasteiger partial charge is 0.355 e. The maximum Gasteiger partial charge on any atom is 0.355 e. The van der Waals surface area contributed by atoms with Crippen molar-refractivity contribution in [3.8, 4) is 11.3 Å². The molecule has 48 heavy (non-hydrogen) atoms. The number of benzene rings is 1. The molecule has 3 aromatic heterocycles. The number of nitrogens with two attached hydrogens (primary N) is 1. The third-order valence-electron chi connectivity index (χ3n) is 9.99. The van der Waals surface area contributed by atoms with E-state index in [4.69, 9.17) is 10.7 Å². The van der Waals surface area contributed by atoms with E-state index in [1.54, 1.807) is 30.1 Å². The van der Waals surface area contributed by atoms with Gasteiger partial charge in [0.2, 0.25) is 5.91 Å². The lowest BCUT2D eigenvalue weighted by Crippen LogP contribution is -2.63. The van der Waals surface area contributed by atoms with Gasteiger partial charge in [0.15, 0.2) is 11.5 Å². The van der Waals surface area contributed by atoms with Crippen molar-refractivity contribution < 1.29 is 9.18 Å². The molecule has 1 aromatic carbocycles. The van der Waals surface area contributed by atoms with Crippen LogP contribution in [0.15, 0.2) is 57.4 Å². The van der Waals surface area contributed by atoms with Crippen LogP contribution in [0.2, 0.25) is 0 Å². The number of hydrogen-bond acceptors (Lipinski definition) is 9. The van der Waals surface area contributed by atoms with Crippen molar-refractivity contribution in [3.05, 3.63) is 58.9 Å². The summed E-state index contributed by atoms with van der Waals surface area (Å²) in [5.41, 5.74) is 8.88. The fourth-order valence-electron chi connectivity index (χ4n) is 7.20. The summed E-state index contributed by atoms with van der Waals surface area (Å²) >= 11 is 0. The Labute approximate surface area is 277 Å². The van der Waals surface area contributed by atoms with Crippen molar-refractivity contribution in [1.82, 2.24) is 29.6 Å². The second-order valence-corrected chi connectivity index (χ2v) is 13.1. The molecule has 13 heteroatoms. The number of allylic oxidation sites excluding steroid dienone is 2. The largest absolute Gasteiger partial charge is 0.382 e. The molecular formula is C35H39FN10O2. The molecule has 1 aliphatic heterocycles. The van der Waals surface area contributed by atoms with Gasteiger partial charge in [-0.2, -0.15) is 10.1 Å². The van der Waals surface area contributed by atoms with Crippen LogP contribution in [0.3, 0.4) is 0 Å². The Kier molecular flexibility index (Phi) is 7.72. The topological polar surface area (TPSA) is 151 Å². The number of carbonyl (C=O) groups excluding carboxylic acids is 1. The Morgan fingerprint density at radius 3 is 2.50 bits per heavy atom. The number of H-pyrrole nitrogens is 1. The fourth-order valence-corrected chi connectivity index (χ4v) is 7.20. The lowest BCUT2D eigenvalue weighted by Gasteiger charge is -2.49. The number of fused-ring (bicyclic) bond motifs is 2. The first-order chi connectivity index (χ1) is 23.1. The van der Waals surface area contributed by atoms with Gasteiger partial charge in [0.1, 0.15) is 17.3 Å². The van der Waals surface area contributed by atoms with Crippen LogP contribution < -0.4 is 16.3 Å². The number of piperazine rings is 1. The van der Waals surface area contributed by atoms with Crippen molar-refractivity contribution in [2.24, 2.45) is 21.8 Å². The molecule has 12 nitrogen and oxygen atoms in total. The van der Waals surface area contributed by atoms with E-state index in [1.165, 1.54) is 16.7 Å². The van der Waals surface area contributed by atoms with Crippen LogP contribution in [0.4, 0.5) is 16.0 Å². The number of nitrogen functional groups attached to an aromatic ring is 1. The summed E-state index contributed by atoms with van der Waals surface area (Å²) < 4.78 is 18.0. The van der Waals surface area contributed by atoms with Gasteiger partial charge in [-0.05, 0) is 71.4 Å². The number of aromatic nitrogens is 5. The van der Waals surface area contributed by atoms with Crippen LogP contribution in [0.5, 0.6) is 0 Å². The summed E-state index contributed by atoms with van der Waals surface area (Å²) in [5.74, 6) is -0.0163. The molecule has 0 unspecified atom stereocenters. The van der Waals surface area contributed by atoms with E-state index in [9.17, 15) is 9.59 Å². The molecule has 0 bridgehead atoms. The van der Waals surface area contributed by atoms with Crippen LogP contribution in [-0.4, -0.2) is 79.7 Å². The van der Waals surface area contributed by atoms with E-state index in [0.717, 1.165) is 31.4 Å². The highest BCUT2D eigenvalue weighted by molar-refractivity contribution is 6.22. The van der Waals surface area contributed by atoms with E-state index in [0.29, 0.717) is 45.6 Å². The molecule has 248 valence electrons. The van der Waals surface area contributed by atoms with Gasteiger partial charge >= 0.3 is 5.69 Å². The number of nitrogens with zero attached hydrogens (tertiary/aromatic N) is 8. The third-order valence-corrected chi connectivity index (χ3v) is 9.99. The Hall–Kier alpha value is -5.20.